The summed E-state index contributed by atoms with van der Waals surface area (Å²) in [4.78, 5) is 2.88. The lowest BCUT2D eigenvalue weighted by molar-refractivity contribution is 0.114. The van der Waals surface area contributed by atoms with Crippen LogP contribution in [0.3, 0.4) is 0 Å². The molecule has 0 saturated heterocycles. The molecule has 0 spiro atoms. The highest BCUT2D eigenvalue weighted by Gasteiger charge is 2.42. The summed E-state index contributed by atoms with van der Waals surface area (Å²) in [6.45, 7) is 16.3. The Kier molecular flexibility index (Phi) is 5.69. The molecule has 0 amide bonds. The quantitative estimate of drug-likeness (QED) is 0.486. The fourth-order valence-electron chi connectivity index (χ4n) is 3.22. The second kappa shape index (κ2) is 6.70. The van der Waals surface area contributed by atoms with E-state index in [2.05, 4.69) is 63.6 Å². The number of hydrogen-bond donors (Lipinski definition) is 0. The lowest BCUT2D eigenvalue weighted by Crippen LogP contribution is -2.46. The van der Waals surface area contributed by atoms with E-state index in [1.807, 2.05) is 11.3 Å². The lowest BCUT2D eigenvalue weighted by atomic mass is 9.82. The molecule has 0 radical (unpaired) electrons. The van der Waals surface area contributed by atoms with E-state index in [4.69, 9.17) is 4.43 Å². The third kappa shape index (κ3) is 3.71. The maximum Gasteiger partial charge on any atom is 0.192 e. The number of hydrogen-bond acceptors (Lipinski definition) is 2. The highest BCUT2D eigenvalue weighted by molar-refractivity contribution is 9.10. The summed E-state index contributed by atoms with van der Waals surface area (Å²) in [5.74, 6) is 0.571. The van der Waals surface area contributed by atoms with Gasteiger partial charge in [-0.2, -0.15) is 0 Å². The normalized spacial score (nSPS) is 23.8. The molecule has 0 N–H and O–H groups in total. The predicted molar refractivity (Wildman–Crippen MR) is 105 cm³/mol. The topological polar surface area (TPSA) is 9.23 Å². The van der Waals surface area contributed by atoms with E-state index in [-0.39, 0.29) is 5.04 Å². The minimum Gasteiger partial charge on any atom is -0.413 e. The van der Waals surface area contributed by atoms with E-state index in [9.17, 15) is 0 Å². The summed E-state index contributed by atoms with van der Waals surface area (Å²) in [5.41, 5.74) is 1.53. The van der Waals surface area contributed by atoms with Crippen molar-refractivity contribution in [2.45, 2.75) is 90.5 Å². The Balaban J connectivity index is 2.30. The summed E-state index contributed by atoms with van der Waals surface area (Å²) in [6.07, 6.45) is 5.55. The minimum atomic E-state index is -1.71. The first kappa shape index (κ1) is 18.7. The molecule has 1 aromatic rings. The fourth-order valence-corrected chi connectivity index (χ4v) is 6.60. The fraction of sp³-hybridized carbons (Fsp3) is 0.778. The molecule has 0 bridgehead atoms. The van der Waals surface area contributed by atoms with Crippen molar-refractivity contribution in [1.82, 2.24) is 0 Å². The molecule has 1 saturated carbocycles. The minimum absolute atomic E-state index is 0.284. The first-order chi connectivity index (χ1) is 10.0. The third-order valence-corrected chi connectivity index (χ3v) is 12.4. The van der Waals surface area contributed by atoms with Crippen molar-refractivity contribution in [3.05, 3.63) is 19.8 Å². The van der Waals surface area contributed by atoms with Crippen LogP contribution in [0.2, 0.25) is 18.1 Å². The van der Waals surface area contributed by atoms with Crippen molar-refractivity contribution < 1.29 is 4.43 Å². The molecule has 0 aromatic carbocycles. The Morgan fingerprint density at radius 3 is 2.18 bits per heavy atom. The van der Waals surface area contributed by atoms with Gasteiger partial charge in [-0.05, 0) is 66.3 Å². The smallest absolute Gasteiger partial charge is 0.192 e. The average molecular weight is 404 g/mol. The van der Waals surface area contributed by atoms with Gasteiger partial charge in [0.05, 0.1) is 6.10 Å². The summed E-state index contributed by atoms with van der Waals surface area (Å²) in [7, 11) is -1.71. The maximum atomic E-state index is 6.85. The van der Waals surface area contributed by atoms with Crippen molar-refractivity contribution in [2.24, 2.45) is 0 Å². The molecule has 0 aliphatic heterocycles. The van der Waals surface area contributed by atoms with Gasteiger partial charge in [0.25, 0.3) is 0 Å². The van der Waals surface area contributed by atoms with Crippen LogP contribution in [0.15, 0.2) is 4.47 Å². The van der Waals surface area contributed by atoms with Gasteiger partial charge in [-0.15, -0.1) is 11.3 Å². The molecular formula is C18H31BrOSSi. The molecule has 1 aliphatic rings. The van der Waals surface area contributed by atoms with Gasteiger partial charge in [0.2, 0.25) is 0 Å². The number of rotatable bonds is 3. The highest BCUT2D eigenvalue weighted by atomic mass is 79.9. The van der Waals surface area contributed by atoms with Crippen LogP contribution in [-0.4, -0.2) is 14.4 Å². The number of halogens is 1. The molecule has 2 unspecified atom stereocenters. The Labute approximate surface area is 150 Å². The van der Waals surface area contributed by atoms with Gasteiger partial charge in [0, 0.05) is 20.1 Å². The van der Waals surface area contributed by atoms with Crippen LogP contribution in [0, 0.1) is 13.8 Å². The van der Waals surface area contributed by atoms with Crippen molar-refractivity contribution in [3.8, 4) is 0 Å². The van der Waals surface area contributed by atoms with E-state index < -0.39 is 8.32 Å². The van der Waals surface area contributed by atoms with Crippen LogP contribution in [0.4, 0.5) is 0 Å². The summed E-state index contributed by atoms with van der Waals surface area (Å²) in [5, 5.41) is 0.284. The molecule has 1 heterocycles. The maximum absolute atomic E-state index is 6.85. The predicted octanol–water partition coefficient (Wildman–Crippen LogP) is 7.18. The van der Waals surface area contributed by atoms with E-state index in [0.29, 0.717) is 12.0 Å². The zero-order chi connectivity index (χ0) is 16.7. The molecule has 2 rings (SSSR count). The van der Waals surface area contributed by atoms with Gasteiger partial charge >= 0.3 is 0 Å². The van der Waals surface area contributed by atoms with Crippen LogP contribution in [0.5, 0.6) is 0 Å². The number of thiophene rings is 1. The zero-order valence-corrected chi connectivity index (χ0v) is 18.6. The van der Waals surface area contributed by atoms with Gasteiger partial charge in [-0.1, -0.05) is 33.6 Å². The second-order valence-corrected chi connectivity index (χ2v) is 15.2. The second-order valence-electron chi connectivity index (χ2n) is 8.25. The Morgan fingerprint density at radius 1 is 1.09 bits per heavy atom. The van der Waals surface area contributed by atoms with Gasteiger partial charge < -0.3 is 4.43 Å². The summed E-state index contributed by atoms with van der Waals surface area (Å²) < 4.78 is 8.19. The first-order valence-corrected chi connectivity index (χ1v) is 13.0. The van der Waals surface area contributed by atoms with E-state index >= 15 is 0 Å². The van der Waals surface area contributed by atoms with Crippen LogP contribution < -0.4 is 0 Å². The van der Waals surface area contributed by atoms with E-state index in [1.165, 1.54) is 45.5 Å². The average Bonchev–Trinajstić information content (AvgIpc) is 2.63. The molecule has 1 nitrogen and oxygen atoms in total. The van der Waals surface area contributed by atoms with E-state index in [0.717, 1.165) is 0 Å². The molecule has 1 fully saturated rings. The van der Waals surface area contributed by atoms with Crippen molar-refractivity contribution >= 4 is 35.6 Å². The van der Waals surface area contributed by atoms with Crippen LogP contribution in [0.1, 0.15) is 67.7 Å². The molecular weight excluding hydrogens is 372 g/mol. The molecule has 4 heteroatoms. The van der Waals surface area contributed by atoms with Crippen molar-refractivity contribution in [2.75, 3.05) is 0 Å². The van der Waals surface area contributed by atoms with Crippen LogP contribution in [-0.2, 0) is 4.43 Å². The van der Waals surface area contributed by atoms with Gasteiger partial charge in [-0.3, -0.25) is 0 Å². The molecule has 22 heavy (non-hydrogen) atoms. The molecule has 1 aromatic heterocycles. The third-order valence-electron chi connectivity index (χ3n) is 5.56. The standard InChI is InChI=1S/C18H31BrOSSi/c1-12-16(17(19)13(2)21-12)14-10-8-9-11-15(14)20-22(6,7)18(3,4)5/h14-15H,8-11H2,1-7H3. The van der Waals surface area contributed by atoms with Crippen molar-refractivity contribution in [3.63, 3.8) is 0 Å². The Bertz CT molecular complexity index is 530. The zero-order valence-electron chi connectivity index (χ0n) is 15.2. The first-order valence-electron chi connectivity index (χ1n) is 8.48. The SMILES string of the molecule is Cc1sc(C)c(C2CCCCC2O[Si](C)(C)C(C)(C)C)c1Br. The largest absolute Gasteiger partial charge is 0.413 e. The van der Waals surface area contributed by atoms with Crippen molar-refractivity contribution in [1.29, 1.82) is 0 Å². The molecule has 2 atom stereocenters. The van der Waals surface area contributed by atoms with E-state index in [1.54, 1.807) is 0 Å². The summed E-state index contributed by atoms with van der Waals surface area (Å²) >= 11 is 5.77. The van der Waals surface area contributed by atoms with Gasteiger partial charge in [-0.25, -0.2) is 0 Å². The molecule has 126 valence electrons. The number of aryl methyl sites for hydroxylation is 2. The molecule has 1 aliphatic carbocycles. The summed E-state index contributed by atoms with van der Waals surface area (Å²) in [6, 6.07) is 0. The van der Waals surface area contributed by atoms with Gasteiger partial charge in [0.1, 0.15) is 0 Å². The lowest BCUT2D eigenvalue weighted by Gasteiger charge is -2.43. The highest BCUT2D eigenvalue weighted by Crippen LogP contribution is 2.47. The Hall–Kier alpha value is 0.357. The van der Waals surface area contributed by atoms with Gasteiger partial charge in [0.15, 0.2) is 8.32 Å². The van der Waals surface area contributed by atoms with Crippen LogP contribution >= 0.6 is 27.3 Å². The van der Waals surface area contributed by atoms with Crippen LogP contribution in [0.25, 0.3) is 0 Å². The Morgan fingerprint density at radius 2 is 1.68 bits per heavy atom. The monoisotopic (exact) mass is 402 g/mol.